The standard InChI is InChI=1S/C8H3ClF3N3O2/c9-3-1-4-6(5(2-3)15(16)17)14-7(13-4)8(10,11)12/h1-2H,(H,13,14). The predicted molar refractivity (Wildman–Crippen MR) is 52.8 cm³/mol. The largest absolute Gasteiger partial charge is 0.449 e. The van der Waals surface area contributed by atoms with Gasteiger partial charge in [0.25, 0.3) is 5.69 Å². The SMILES string of the molecule is O=[N+]([O-])c1cc(Cl)cc2[nH]c(C(F)(F)F)nc12. The minimum Gasteiger partial charge on any atom is -0.334 e. The lowest BCUT2D eigenvalue weighted by atomic mass is 10.3. The molecule has 0 spiro atoms. The van der Waals surface area contributed by atoms with E-state index in [0.717, 1.165) is 12.1 Å². The third-order valence-corrected chi connectivity index (χ3v) is 2.21. The van der Waals surface area contributed by atoms with Crippen LogP contribution in [-0.2, 0) is 6.18 Å². The Balaban J connectivity index is 2.76. The lowest BCUT2D eigenvalue weighted by Gasteiger charge is -1.98. The number of nitro benzene ring substituents is 1. The monoisotopic (exact) mass is 265 g/mol. The molecule has 2 rings (SSSR count). The summed E-state index contributed by atoms with van der Waals surface area (Å²) in [5.41, 5.74) is -1.07. The van der Waals surface area contributed by atoms with Crippen molar-refractivity contribution >= 4 is 28.3 Å². The maximum atomic E-state index is 12.4. The second-order valence-electron chi connectivity index (χ2n) is 3.16. The number of nitro groups is 1. The Bertz CT molecular complexity index is 608. The summed E-state index contributed by atoms with van der Waals surface area (Å²) < 4.78 is 37.1. The summed E-state index contributed by atoms with van der Waals surface area (Å²) in [4.78, 5) is 14.9. The Morgan fingerprint density at radius 2 is 2.06 bits per heavy atom. The smallest absolute Gasteiger partial charge is 0.334 e. The van der Waals surface area contributed by atoms with Crippen molar-refractivity contribution in [1.29, 1.82) is 0 Å². The van der Waals surface area contributed by atoms with Gasteiger partial charge in [0.1, 0.15) is 0 Å². The van der Waals surface area contributed by atoms with E-state index in [1.165, 1.54) is 0 Å². The number of benzene rings is 1. The highest BCUT2D eigenvalue weighted by atomic mass is 35.5. The normalized spacial score (nSPS) is 12.0. The van der Waals surface area contributed by atoms with Crippen molar-refractivity contribution < 1.29 is 18.1 Å². The molecule has 0 atom stereocenters. The third kappa shape index (κ3) is 2.03. The van der Waals surface area contributed by atoms with Gasteiger partial charge in [-0.2, -0.15) is 13.2 Å². The van der Waals surface area contributed by atoms with Gasteiger partial charge in [0, 0.05) is 11.1 Å². The highest BCUT2D eigenvalue weighted by Gasteiger charge is 2.36. The van der Waals surface area contributed by atoms with E-state index in [-0.39, 0.29) is 16.1 Å². The first kappa shape index (κ1) is 11.6. The van der Waals surface area contributed by atoms with Crippen molar-refractivity contribution in [2.24, 2.45) is 0 Å². The lowest BCUT2D eigenvalue weighted by Crippen LogP contribution is -2.06. The summed E-state index contributed by atoms with van der Waals surface area (Å²) in [6.07, 6.45) is -4.70. The molecule has 1 N–H and O–H groups in total. The van der Waals surface area contributed by atoms with E-state index in [1.54, 1.807) is 0 Å². The summed E-state index contributed by atoms with van der Waals surface area (Å²) in [6, 6.07) is 2.09. The molecule has 1 aromatic heterocycles. The van der Waals surface area contributed by atoms with E-state index < -0.39 is 22.6 Å². The average molecular weight is 266 g/mol. The van der Waals surface area contributed by atoms with E-state index in [9.17, 15) is 23.3 Å². The zero-order valence-corrected chi connectivity index (χ0v) is 8.63. The molecular weight excluding hydrogens is 263 g/mol. The molecule has 1 aromatic carbocycles. The molecule has 0 amide bonds. The number of non-ortho nitro benzene ring substituents is 1. The van der Waals surface area contributed by atoms with Crippen molar-refractivity contribution in [3.8, 4) is 0 Å². The minimum atomic E-state index is -4.70. The van der Waals surface area contributed by atoms with Crippen molar-refractivity contribution in [2.75, 3.05) is 0 Å². The number of nitrogens with zero attached hydrogens (tertiary/aromatic N) is 2. The van der Waals surface area contributed by atoms with Gasteiger partial charge in [0.15, 0.2) is 5.52 Å². The summed E-state index contributed by atoms with van der Waals surface area (Å²) in [5.74, 6) is -1.29. The van der Waals surface area contributed by atoms with Gasteiger partial charge in [0.05, 0.1) is 10.4 Å². The maximum absolute atomic E-state index is 12.4. The van der Waals surface area contributed by atoms with Crippen LogP contribution in [0.4, 0.5) is 18.9 Å². The number of rotatable bonds is 1. The molecule has 0 radical (unpaired) electrons. The first-order valence-corrected chi connectivity index (χ1v) is 4.57. The van der Waals surface area contributed by atoms with Crippen molar-refractivity contribution in [3.63, 3.8) is 0 Å². The van der Waals surface area contributed by atoms with Crippen LogP contribution in [0, 0.1) is 10.1 Å². The zero-order valence-electron chi connectivity index (χ0n) is 7.88. The van der Waals surface area contributed by atoms with Crippen LogP contribution in [0.1, 0.15) is 5.82 Å². The first-order chi connectivity index (χ1) is 7.79. The highest BCUT2D eigenvalue weighted by Crippen LogP contribution is 2.33. The first-order valence-electron chi connectivity index (χ1n) is 4.20. The van der Waals surface area contributed by atoms with Gasteiger partial charge in [-0.3, -0.25) is 10.1 Å². The lowest BCUT2D eigenvalue weighted by molar-refractivity contribution is -0.383. The quantitative estimate of drug-likeness (QED) is 0.636. The van der Waals surface area contributed by atoms with Crippen LogP contribution < -0.4 is 0 Å². The van der Waals surface area contributed by atoms with Crippen molar-refractivity contribution in [1.82, 2.24) is 9.97 Å². The maximum Gasteiger partial charge on any atom is 0.449 e. The fourth-order valence-electron chi connectivity index (χ4n) is 1.34. The Morgan fingerprint density at radius 3 is 2.59 bits per heavy atom. The molecule has 0 unspecified atom stereocenters. The molecule has 0 saturated heterocycles. The van der Waals surface area contributed by atoms with Gasteiger partial charge in [0.2, 0.25) is 5.82 Å². The van der Waals surface area contributed by atoms with Gasteiger partial charge >= 0.3 is 6.18 Å². The molecule has 0 saturated carbocycles. The molecule has 5 nitrogen and oxygen atoms in total. The Kier molecular flexibility index (Phi) is 2.46. The molecule has 0 aliphatic carbocycles. The number of hydrogen-bond donors (Lipinski definition) is 1. The molecule has 17 heavy (non-hydrogen) atoms. The number of halogens is 4. The molecule has 0 aliphatic rings. The zero-order chi connectivity index (χ0) is 12.8. The molecule has 0 bridgehead atoms. The van der Waals surface area contributed by atoms with E-state index in [4.69, 9.17) is 11.6 Å². The Labute approximate surface area is 96.4 Å². The second-order valence-corrected chi connectivity index (χ2v) is 3.60. The Hall–Kier alpha value is -1.83. The Morgan fingerprint density at radius 1 is 1.41 bits per heavy atom. The predicted octanol–water partition coefficient (Wildman–Crippen LogP) is 3.14. The molecule has 90 valence electrons. The van der Waals surface area contributed by atoms with Crippen LogP contribution >= 0.6 is 11.6 Å². The second kappa shape index (κ2) is 3.59. The number of aromatic nitrogens is 2. The summed E-state index contributed by atoms with van der Waals surface area (Å²) in [7, 11) is 0. The molecule has 1 heterocycles. The number of aromatic amines is 1. The van der Waals surface area contributed by atoms with Crippen LogP contribution in [0.5, 0.6) is 0 Å². The van der Waals surface area contributed by atoms with E-state index in [2.05, 4.69) is 4.98 Å². The van der Waals surface area contributed by atoms with E-state index in [1.807, 2.05) is 4.98 Å². The fourth-order valence-corrected chi connectivity index (χ4v) is 1.55. The van der Waals surface area contributed by atoms with E-state index in [0.29, 0.717) is 0 Å². The number of fused-ring (bicyclic) bond motifs is 1. The summed E-state index contributed by atoms with van der Waals surface area (Å²) in [5, 5.41) is 10.6. The van der Waals surface area contributed by atoms with Gasteiger partial charge in [-0.25, -0.2) is 4.98 Å². The van der Waals surface area contributed by atoms with Gasteiger partial charge < -0.3 is 4.98 Å². The summed E-state index contributed by atoms with van der Waals surface area (Å²) >= 11 is 5.56. The molecule has 9 heteroatoms. The molecular formula is C8H3ClF3N3O2. The van der Waals surface area contributed by atoms with Crippen LogP contribution in [0.2, 0.25) is 5.02 Å². The van der Waals surface area contributed by atoms with Gasteiger partial charge in [-0.05, 0) is 6.07 Å². The topological polar surface area (TPSA) is 71.8 Å². The van der Waals surface area contributed by atoms with E-state index >= 15 is 0 Å². The van der Waals surface area contributed by atoms with Crippen LogP contribution in [-0.4, -0.2) is 14.9 Å². The fraction of sp³-hybridized carbons (Fsp3) is 0.125. The van der Waals surface area contributed by atoms with Crippen LogP contribution in [0.15, 0.2) is 12.1 Å². The van der Waals surface area contributed by atoms with Crippen LogP contribution in [0.25, 0.3) is 11.0 Å². The number of imidazole rings is 1. The minimum absolute atomic E-state index is 0.0402. The molecule has 0 fully saturated rings. The van der Waals surface area contributed by atoms with Crippen LogP contribution in [0.3, 0.4) is 0 Å². The van der Waals surface area contributed by atoms with Crippen molar-refractivity contribution in [3.05, 3.63) is 33.1 Å². The average Bonchev–Trinajstić information content (AvgIpc) is 2.58. The summed E-state index contributed by atoms with van der Waals surface area (Å²) in [6.45, 7) is 0. The third-order valence-electron chi connectivity index (χ3n) is 2.00. The number of hydrogen-bond acceptors (Lipinski definition) is 3. The van der Waals surface area contributed by atoms with Gasteiger partial charge in [-0.1, -0.05) is 11.6 Å². The molecule has 2 aromatic rings. The number of nitrogens with one attached hydrogen (secondary N) is 1. The number of H-pyrrole nitrogens is 1. The highest BCUT2D eigenvalue weighted by molar-refractivity contribution is 6.31. The molecule has 0 aliphatic heterocycles. The van der Waals surface area contributed by atoms with Crippen molar-refractivity contribution in [2.45, 2.75) is 6.18 Å². The number of alkyl halides is 3. The van der Waals surface area contributed by atoms with Gasteiger partial charge in [-0.15, -0.1) is 0 Å².